The van der Waals surface area contributed by atoms with Crippen LogP contribution in [0.5, 0.6) is 0 Å². The Morgan fingerprint density at radius 3 is 2.04 bits per heavy atom. The number of aliphatic carboxylic acids is 1. The maximum atomic E-state index is 12.4. The highest BCUT2D eigenvalue weighted by molar-refractivity contribution is 6.08. The Morgan fingerprint density at radius 2 is 1.52 bits per heavy atom. The molecule has 0 fully saturated rings. The van der Waals surface area contributed by atoms with E-state index in [-0.39, 0.29) is 12.2 Å². The summed E-state index contributed by atoms with van der Waals surface area (Å²) >= 11 is 0. The van der Waals surface area contributed by atoms with Gasteiger partial charge in [-0.15, -0.1) is 0 Å². The molecule has 0 aromatic heterocycles. The summed E-state index contributed by atoms with van der Waals surface area (Å²) in [5.74, 6) is -1.27. The summed E-state index contributed by atoms with van der Waals surface area (Å²) in [5.41, 5.74) is 1.06. The number of carboxylic acid groups (broad SMARTS) is 1. The topological polar surface area (TPSA) is 92.7 Å². The van der Waals surface area contributed by atoms with Crippen LogP contribution >= 0.6 is 0 Å². The monoisotopic (exact) mass is 369 g/mol. The number of hydrogen-bond donors (Lipinski definition) is 2. The van der Waals surface area contributed by atoms with Gasteiger partial charge in [0.2, 0.25) is 0 Å². The maximum absolute atomic E-state index is 12.4. The molecule has 6 nitrogen and oxygen atoms in total. The first kappa shape index (κ1) is 20.2. The number of carbonyl (C=O) groups excluding carboxylic acids is 2. The van der Waals surface area contributed by atoms with Gasteiger partial charge in [-0.3, -0.25) is 4.79 Å². The van der Waals surface area contributed by atoms with E-state index in [2.05, 4.69) is 5.32 Å². The van der Waals surface area contributed by atoms with Crippen molar-refractivity contribution in [1.29, 1.82) is 0 Å². The van der Waals surface area contributed by atoms with Gasteiger partial charge in [0, 0.05) is 17.5 Å². The van der Waals surface area contributed by atoms with Crippen LogP contribution in [0.1, 0.15) is 42.3 Å². The lowest BCUT2D eigenvalue weighted by molar-refractivity contribution is -0.139. The third-order valence-corrected chi connectivity index (χ3v) is 3.68. The fraction of sp³-hybridized carbons (Fsp3) is 0.286. The number of rotatable bonds is 6. The van der Waals surface area contributed by atoms with Gasteiger partial charge in [0.15, 0.2) is 5.78 Å². The van der Waals surface area contributed by atoms with Crippen LogP contribution in [0.15, 0.2) is 54.6 Å². The van der Waals surface area contributed by atoms with Gasteiger partial charge in [-0.1, -0.05) is 54.6 Å². The SMILES string of the molecule is CC(C)(C)OC(=O)N[C@H](Cc1ccc(C(=O)c2ccccc2)cc1)C(=O)O. The van der Waals surface area contributed by atoms with Gasteiger partial charge in [0.05, 0.1) is 0 Å². The van der Waals surface area contributed by atoms with E-state index in [1.54, 1.807) is 69.3 Å². The first-order valence-electron chi connectivity index (χ1n) is 8.57. The molecule has 0 heterocycles. The van der Waals surface area contributed by atoms with Gasteiger partial charge >= 0.3 is 12.1 Å². The second-order valence-electron chi connectivity index (χ2n) is 7.13. The van der Waals surface area contributed by atoms with E-state index >= 15 is 0 Å². The Hall–Kier alpha value is -3.15. The van der Waals surface area contributed by atoms with E-state index in [1.165, 1.54) is 0 Å². The van der Waals surface area contributed by atoms with Crippen LogP contribution in [-0.2, 0) is 16.0 Å². The zero-order valence-corrected chi connectivity index (χ0v) is 15.6. The van der Waals surface area contributed by atoms with Crippen molar-refractivity contribution in [3.63, 3.8) is 0 Å². The Bertz CT molecular complexity index is 807. The average molecular weight is 369 g/mol. The molecule has 2 rings (SSSR count). The van der Waals surface area contributed by atoms with Crippen molar-refractivity contribution in [3.05, 3.63) is 71.3 Å². The minimum Gasteiger partial charge on any atom is -0.480 e. The fourth-order valence-corrected chi connectivity index (χ4v) is 2.43. The number of carbonyl (C=O) groups is 3. The molecule has 0 spiro atoms. The van der Waals surface area contributed by atoms with Crippen LogP contribution in [-0.4, -0.2) is 34.6 Å². The number of benzene rings is 2. The summed E-state index contributed by atoms with van der Waals surface area (Å²) in [7, 11) is 0. The smallest absolute Gasteiger partial charge is 0.408 e. The van der Waals surface area contributed by atoms with Crippen molar-refractivity contribution >= 4 is 17.8 Å². The molecule has 2 aromatic carbocycles. The second-order valence-corrected chi connectivity index (χ2v) is 7.13. The Balaban J connectivity index is 2.05. The van der Waals surface area contributed by atoms with Crippen LogP contribution in [0, 0.1) is 0 Å². The molecule has 0 aliphatic rings. The van der Waals surface area contributed by atoms with Crippen LogP contribution in [0.25, 0.3) is 0 Å². The molecule has 27 heavy (non-hydrogen) atoms. The van der Waals surface area contributed by atoms with Crippen molar-refractivity contribution in [2.24, 2.45) is 0 Å². The molecule has 0 bridgehead atoms. The highest BCUT2D eigenvalue weighted by Gasteiger charge is 2.24. The zero-order valence-electron chi connectivity index (χ0n) is 15.6. The summed E-state index contributed by atoms with van der Waals surface area (Å²) in [4.78, 5) is 35.7. The highest BCUT2D eigenvalue weighted by Crippen LogP contribution is 2.13. The maximum Gasteiger partial charge on any atom is 0.408 e. The van der Waals surface area contributed by atoms with Crippen molar-refractivity contribution in [2.75, 3.05) is 0 Å². The largest absolute Gasteiger partial charge is 0.480 e. The molecule has 0 saturated heterocycles. The third-order valence-electron chi connectivity index (χ3n) is 3.68. The van der Waals surface area contributed by atoms with Crippen LogP contribution in [0.3, 0.4) is 0 Å². The predicted molar refractivity (Wildman–Crippen MR) is 101 cm³/mol. The van der Waals surface area contributed by atoms with Gasteiger partial charge in [-0.05, 0) is 26.3 Å². The number of carboxylic acids is 1. The molecule has 1 atom stereocenters. The number of nitrogens with one attached hydrogen (secondary N) is 1. The molecular weight excluding hydrogens is 346 g/mol. The molecule has 0 radical (unpaired) electrons. The highest BCUT2D eigenvalue weighted by atomic mass is 16.6. The number of alkyl carbamates (subject to hydrolysis) is 1. The molecular formula is C21H23NO5. The van der Waals surface area contributed by atoms with E-state index in [0.717, 1.165) is 0 Å². The minimum absolute atomic E-state index is 0.0778. The van der Waals surface area contributed by atoms with Crippen molar-refractivity contribution in [1.82, 2.24) is 5.32 Å². The second kappa shape index (κ2) is 8.49. The van der Waals surface area contributed by atoms with Crippen LogP contribution in [0.2, 0.25) is 0 Å². The fourth-order valence-electron chi connectivity index (χ4n) is 2.43. The van der Waals surface area contributed by atoms with Gasteiger partial charge in [0.25, 0.3) is 0 Å². The van der Waals surface area contributed by atoms with Crippen LogP contribution in [0.4, 0.5) is 4.79 Å². The van der Waals surface area contributed by atoms with Gasteiger partial charge < -0.3 is 15.2 Å². The lowest BCUT2D eigenvalue weighted by Gasteiger charge is -2.22. The molecule has 142 valence electrons. The van der Waals surface area contributed by atoms with E-state index in [0.29, 0.717) is 16.7 Å². The van der Waals surface area contributed by atoms with Gasteiger partial charge in [0.1, 0.15) is 11.6 Å². The zero-order chi connectivity index (χ0) is 20.0. The summed E-state index contributed by atoms with van der Waals surface area (Å²) in [5, 5.41) is 11.7. The molecule has 0 saturated carbocycles. The van der Waals surface area contributed by atoms with Gasteiger partial charge in [-0.25, -0.2) is 9.59 Å². The summed E-state index contributed by atoms with van der Waals surface area (Å²) in [6.45, 7) is 5.10. The van der Waals surface area contributed by atoms with E-state index < -0.39 is 23.7 Å². The first-order valence-corrected chi connectivity index (χ1v) is 8.57. The third kappa shape index (κ3) is 6.26. The first-order chi connectivity index (χ1) is 12.7. The molecule has 1 amide bonds. The molecule has 6 heteroatoms. The van der Waals surface area contributed by atoms with E-state index in [1.807, 2.05) is 6.07 Å². The van der Waals surface area contributed by atoms with E-state index in [9.17, 15) is 19.5 Å². The molecule has 0 unspecified atom stereocenters. The number of hydrogen-bond acceptors (Lipinski definition) is 4. The standard InChI is InChI=1S/C21H23NO5/c1-21(2,3)27-20(26)22-17(19(24)25)13-14-9-11-16(12-10-14)18(23)15-7-5-4-6-8-15/h4-12,17H,13H2,1-3H3,(H,22,26)(H,24,25)/t17-/m1/s1. The van der Waals surface area contributed by atoms with Gasteiger partial charge in [-0.2, -0.15) is 0 Å². The summed E-state index contributed by atoms with van der Waals surface area (Å²) in [6.07, 6.45) is -0.709. The normalized spacial score (nSPS) is 12.1. The number of ether oxygens (including phenoxy) is 1. The lowest BCUT2D eigenvalue weighted by Crippen LogP contribution is -2.44. The van der Waals surface area contributed by atoms with Crippen molar-refractivity contribution in [2.45, 2.75) is 38.8 Å². The Kier molecular flexibility index (Phi) is 6.34. The van der Waals surface area contributed by atoms with E-state index in [4.69, 9.17) is 4.74 Å². The number of amides is 1. The Morgan fingerprint density at radius 1 is 0.963 bits per heavy atom. The van der Waals surface area contributed by atoms with Crippen LogP contribution < -0.4 is 5.32 Å². The summed E-state index contributed by atoms with van der Waals surface area (Å²) in [6, 6.07) is 14.4. The average Bonchev–Trinajstić information content (AvgIpc) is 2.60. The lowest BCUT2D eigenvalue weighted by atomic mass is 9.99. The molecule has 2 N–H and O–H groups in total. The molecule has 0 aliphatic carbocycles. The molecule has 0 aliphatic heterocycles. The molecule has 2 aromatic rings. The predicted octanol–water partition coefficient (Wildman–Crippen LogP) is 3.44. The Labute approximate surface area is 158 Å². The number of ketones is 1. The van der Waals surface area contributed by atoms with Crippen molar-refractivity contribution < 1.29 is 24.2 Å². The van der Waals surface area contributed by atoms with Crippen molar-refractivity contribution in [3.8, 4) is 0 Å². The summed E-state index contributed by atoms with van der Waals surface area (Å²) < 4.78 is 5.10. The minimum atomic E-state index is -1.16. The quantitative estimate of drug-likeness (QED) is 0.761.